The van der Waals surface area contributed by atoms with Gasteiger partial charge in [-0.3, -0.25) is 9.59 Å². The lowest BCUT2D eigenvalue weighted by Crippen LogP contribution is -2.53. The Balaban J connectivity index is 1.41. The van der Waals surface area contributed by atoms with Crippen LogP contribution in [-0.4, -0.2) is 56.3 Å². The predicted octanol–water partition coefficient (Wildman–Crippen LogP) is 5.86. The highest BCUT2D eigenvalue weighted by Crippen LogP contribution is 2.40. The molecule has 2 amide bonds. The van der Waals surface area contributed by atoms with Crippen molar-refractivity contribution < 1.29 is 33.8 Å². The zero-order valence-electron chi connectivity index (χ0n) is 29.3. The number of carboxylic acids is 1. The second-order valence-electron chi connectivity index (χ2n) is 13.2. The van der Waals surface area contributed by atoms with E-state index in [1.807, 2.05) is 102 Å². The third-order valence-electron chi connectivity index (χ3n) is 8.24. The Hall–Kier alpha value is -6.23. The molecule has 0 aliphatic heterocycles. The Morgan fingerprint density at radius 1 is 0.731 bits per heavy atom. The number of amides is 2. The number of aromatic nitrogens is 2. The van der Waals surface area contributed by atoms with Gasteiger partial charge in [-0.1, -0.05) is 121 Å². The number of hydrogen-bond donors (Lipinski definition) is 3. The number of nitrogens with one attached hydrogen (secondary N) is 2. The summed E-state index contributed by atoms with van der Waals surface area (Å²) in [5.74, 6) is -2.99. The zero-order valence-corrected chi connectivity index (χ0v) is 29.3. The fourth-order valence-electron chi connectivity index (χ4n) is 5.99. The Labute approximate surface area is 302 Å². The van der Waals surface area contributed by atoms with Crippen LogP contribution in [0, 0.1) is 0 Å². The van der Waals surface area contributed by atoms with Crippen LogP contribution in [0.3, 0.4) is 0 Å². The third kappa shape index (κ3) is 9.30. The van der Waals surface area contributed by atoms with Crippen molar-refractivity contribution in [3.8, 4) is 0 Å². The first kappa shape index (κ1) is 37.0. The Morgan fingerprint density at radius 3 is 1.71 bits per heavy atom. The molecule has 0 spiro atoms. The SMILES string of the molecule is CC(C)(C)OC(=O)C[C@H](NC(=O)OCc1ccccc1)C(=O)N[C@@H](Cc1cn(C(c2ccccc2)(c2ccccc2)c2ccccc2)cn1)C(=O)O. The van der Waals surface area contributed by atoms with Crippen molar-refractivity contribution in [3.63, 3.8) is 0 Å². The second kappa shape index (κ2) is 16.7. The van der Waals surface area contributed by atoms with Gasteiger partial charge in [-0.15, -0.1) is 0 Å². The van der Waals surface area contributed by atoms with Gasteiger partial charge in [0.25, 0.3) is 0 Å². The number of carbonyl (C=O) groups excluding carboxylic acids is 3. The summed E-state index contributed by atoms with van der Waals surface area (Å²) >= 11 is 0. The van der Waals surface area contributed by atoms with Crippen LogP contribution >= 0.6 is 0 Å². The van der Waals surface area contributed by atoms with Crippen molar-refractivity contribution in [2.45, 2.75) is 63.4 Å². The van der Waals surface area contributed by atoms with Crippen LogP contribution in [0.2, 0.25) is 0 Å². The van der Waals surface area contributed by atoms with E-state index in [9.17, 15) is 24.3 Å². The van der Waals surface area contributed by atoms with Gasteiger partial charge in [0.15, 0.2) is 0 Å². The lowest BCUT2D eigenvalue weighted by Gasteiger charge is -2.37. The highest BCUT2D eigenvalue weighted by molar-refractivity contribution is 5.92. The number of carbonyl (C=O) groups is 4. The van der Waals surface area contributed by atoms with Crippen molar-refractivity contribution in [2.24, 2.45) is 0 Å². The number of ether oxygens (including phenoxy) is 2. The van der Waals surface area contributed by atoms with Crippen LogP contribution in [0.4, 0.5) is 4.79 Å². The smallest absolute Gasteiger partial charge is 0.408 e. The monoisotopic (exact) mass is 702 g/mol. The van der Waals surface area contributed by atoms with E-state index >= 15 is 0 Å². The summed E-state index contributed by atoms with van der Waals surface area (Å²) < 4.78 is 12.6. The first-order valence-electron chi connectivity index (χ1n) is 16.9. The Morgan fingerprint density at radius 2 is 1.23 bits per heavy atom. The fraction of sp³-hybridized carbons (Fsp3) is 0.244. The van der Waals surface area contributed by atoms with Gasteiger partial charge in [0.1, 0.15) is 29.8 Å². The van der Waals surface area contributed by atoms with Crippen molar-refractivity contribution in [3.05, 3.63) is 162 Å². The molecule has 0 bridgehead atoms. The molecule has 11 heteroatoms. The molecule has 0 unspecified atom stereocenters. The molecule has 1 heterocycles. The molecule has 1 aromatic heterocycles. The first-order chi connectivity index (χ1) is 25.0. The minimum atomic E-state index is -1.49. The Bertz CT molecular complexity index is 1850. The number of hydrogen-bond acceptors (Lipinski definition) is 7. The molecule has 11 nitrogen and oxygen atoms in total. The second-order valence-corrected chi connectivity index (χ2v) is 13.2. The van der Waals surface area contributed by atoms with Gasteiger partial charge in [0.05, 0.1) is 18.4 Å². The number of imidazole rings is 1. The van der Waals surface area contributed by atoms with Crippen LogP contribution in [0.5, 0.6) is 0 Å². The molecule has 0 fully saturated rings. The van der Waals surface area contributed by atoms with Gasteiger partial charge in [-0.25, -0.2) is 14.6 Å². The average molecular weight is 703 g/mol. The molecule has 5 aromatic rings. The maximum atomic E-state index is 13.6. The minimum absolute atomic E-state index is 0.0791. The normalized spacial score (nSPS) is 12.6. The molecule has 52 heavy (non-hydrogen) atoms. The summed E-state index contributed by atoms with van der Waals surface area (Å²) in [5.41, 5.74) is 2.23. The van der Waals surface area contributed by atoms with Crippen molar-refractivity contribution in [1.82, 2.24) is 20.2 Å². The van der Waals surface area contributed by atoms with E-state index in [0.29, 0.717) is 11.3 Å². The van der Waals surface area contributed by atoms with E-state index in [1.54, 1.807) is 57.6 Å². The molecule has 4 aromatic carbocycles. The average Bonchev–Trinajstić information content (AvgIpc) is 3.60. The van der Waals surface area contributed by atoms with Gasteiger partial charge in [-0.2, -0.15) is 0 Å². The molecule has 3 N–H and O–H groups in total. The highest BCUT2D eigenvalue weighted by Gasteiger charge is 2.39. The van der Waals surface area contributed by atoms with E-state index in [-0.39, 0.29) is 13.0 Å². The number of rotatable bonds is 14. The topological polar surface area (TPSA) is 149 Å². The third-order valence-corrected chi connectivity index (χ3v) is 8.24. The first-order valence-corrected chi connectivity index (χ1v) is 16.9. The van der Waals surface area contributed by atoms with Gasteiger partial charge >= 0.3 is 18.0 Å². The molecule has 0 saturated carbocycles. The number of alkyl carbamates (subject to hydrolysis) is 1. The summed E-state index contributed by atoms with van der Waals surface area (Å²) in [5, 5.41) is 15.1. The number of benzene rings is 4. The number of esters is 1. The van der Waals surface area contributed by atoms with Crippen molar-refractivity contribution in [1.29, 1.82) is 0 Å². The maximum absolute atomic E-state index is 13.6. The fourth-order valence-corrected chi connectivity index (χ4v) is 5.99. The molecule has 0 aliphatic carbocycles. The lowest BCUT2D eigenvalue weighted by molar-refractivity contribution is -0.156. The van der Waals surface area contributed by atoms with E-state index in [4.69, 9.17) is 9.47 Å². The molecule has 2 atom stereocenters. The van der Waals surface area contributed by atoms with E-state index in [0.717, 1.165) is 16.7 Å². The van der Waals surface area contributed by atoms with Gasteiger partial charge in [-0.05, 0) is 43.0 Å². The van der Waals surface area contributed by atoms with Gasteiger partial charge < -0.3 is 29.8 Å². The number of aliphatic carboxylic acids is 1. The van der Waals surface area contributed by atoms with Gasteiger partial charge in [0.2, 0.25) is 5.91 Å². The lowest BCUT2D eigenvalue weighted by atomic mass is 9.77. The van der Waals surface area contributed by atoms with Gasteiger partial charge in [0, 0.05) is 12.6 Å². The molecule has 268 valence electrons. The molecular formula is C41H42N4O7. The van der Waals surface area contributed by atoms with E-state index in [2.05, 4.69) is 15.6 Å². The summed E-state index contributed by atoms with van der Waals surface area (Å²) in [6.07, 6.45) is 1.71. The largest absolute Gasteiger partial charge is 0.480 e. The van der Waals surface area contributed by atoms with Crippen LogP contribution < -0.4 is 10.6 Å². The molecular weight excluding hydrogens is 660 g/mol. The zero-order chi connectivity index (χ0) is 37.1. The van der Waals surface area contributed by atoms with Crippen molar-refractivity contribution in [2.75, 3.05) is 0 Å². The molecule has 0 aliphatic rings. The van der Waals surface area contributed by atoms with Crippen LogP contribution in [0.15, 0.2) is 134 Å². The summed E-state index contributed by atoms with van der Waals surface area (Å²) in [4.78, 5) is 56.3. The quantitative estimate of drug-likeness (QED) is 0.0963. The summed E-state index contributed by atoms with van der Waals surface area (Å²) in [7, 11) is 0. The summed E-state index contributed by atoms with van der Waals surface area (Å²) in [6, 6.07) is 35.8. The van der Waals surface area contributed by atoms with Crippen LogP contribution in [0.25, 0.3) is 0 Å². The van der Waals surface area contributed by atoms with Crippen molar-refractivity contribution >= 4 is 23.9 Å². The van der Waals surface area contributed by atoms with E-state index < -0.39 is 53.6 Å². The van der Waals surface area contributed by atoms with Crippen LogP contribution in [0.1, 0.15) is 55.1 Å². The number of nitrogens with zero attached hydrogens (tertiary/aromatic N) is 2. The minimum Gasteiger partial charge on any atom is -0.480 e. The predicted molar refractivity (Wildman–Crippen MR) is 194 cm³/mol. The molecule has 0 radical (unpaired) electrons. The summed E-state index contributed by atoms with van der Waals surface area (Å²) in [6.45, 7) is 4.93. The highest BCUT2D eigenvalue weighted by atomic mass is 16.6. The van der Waals surface area contributed by atoms with Crippen LogP contribution in [-0.2, 0) is 42.4 Å². The maximum Gasteiger partial charge on any atom is 0.408 e. The molecule has 0 saturated heterocycles. The number of carboxylic acid groups (broad SMARTS) is 1. The Kier molecular flexibility index (Phi) is 11.9. The standard InChI is InChI=1S/C41H42N4O7/c1-40(2,3)52-36(46)25-34(44-39(50)51-27-29-16-8-4-9-17-29)37(47)43-35(38(48)49)24-33-26-45(28-42-33)41(30-18-10-5-11-19-30,31-20-12-6-13-21-31)32-22-14-7-15-23-32/h4-23,26,28,34-35H,24-25,27H2,1-3H3,(H,43,47)(H,44,50)(H,48,49)/t34-,35-/m0/s1. The molecule has 5 rings (SSSR count). The van der Waals surface area contributed by atoms with E-state index in [1.165, 1.54) is 0 Å².